The number of carbonyl (C=O) groups is 1. The van der Waals surface area contributed by atoms with E-state index >= 15 is 0 Å². The third kappa shape index (κ3) is 4.50. The highest BCUT2D eigenvalue weighted by molar-refractivity contribution is 6.30. The molecule has 1 atom stereocenters. The number of carbonyl (C=O) groups excluding carboxylic acids is 1. The van der Waals surface area contributed by atoms with Crippen LogP contribution in [0.5, 0.6) is 5.75 Å². The summed E-state index contributed by atoms with van der Waals surface area (Å²) in [6.07, 6.45) is -0.561. The fourth-order valence-corrected chi connectivity index (χ4v) is 2.33. The summed E-state index contributed by atoms with van der Waals surface area (Å²) >= 11 is 5.92. The summed E-state index contributed by atoms with van der Waals surface area (Å²) in [5.41, 5.74) is 2.30. The molecule has 2 rings (SSSR count). The van der Waals surface area contributed by atoms with E-state index < -0.39 is 6.10 Å². The van der Waals surface area contributed by atoms with Crippen molar-refractivity contribution >= 4 is 17.5 Å². The van der Waals surface area contributed by atoms with E-state index in [1.807, 2.05) is 31.2 Å². The van der Waals surface area contributed by atoms with E-state index in [4.69, 9.17) is 16.3 Å². The van der Waals surface area contributed by atoms with Gasteiger partial charge in [-0.05, 0) is 37.6 Å². The molecule has 0 fully saturated rings. The van der Waals surface area contributed by atoms with Crippen LogP contribution in [-0.4, -0.2) is 24.0 Å². The standard InChI is InChI=1S/C18H20ClNO2/c1-13-7-9-15(10-8-13)12-20(3)18(21)14(2)22-17-6-4-5-16(19)11-17/h4-11,14H,12H2,1-3H3/t14-/m1/s1. The maximum Gasteiger partial charge on any atom is 0.263 e. The van der Waals surface area contributed by atoms with Crippen molar-refractivity contribution in [2.24, 2.45) is 0 Å². The Morgan fingerprint density at radius 1 is 1.23 bits per heavy atom. The predicted octanol–water partition coefficient (Wildman–Crippen LogP) is 4.07. The molecule has 2 aromatic rings. The maximum absolute atomic E-state index is 12.4. The van der Waals surface area contributed by atoms with Crippen LogP contribution < -0.4 is 4.74 Å². The monoisotopic (exact) mass is 317 g/mol. The minimum atomic E-state index is -0.561. The lowest BCUT2D eigenvalue weighted by atomic mass is 10.1. The minimum absolute atomic E-state index is 0.0689. The first kappa shape index (κ1) is 16.4. The summed E-state index contributed by atoms with van der Waals surface area (Å²) in [5.74, 6) is 0.526. The summed E-state index contributed by atoms with van der Waals surface area (Å²) < 4.78 is 5.66. The maximum atomic E-state index is 12.4. The van der Waals surface area contributed by atoms with Crippen LogP contribution in [0.4, 0.5) is 0 Å². The van der Waals surface area contributed by atoms with Gasteiger partial charge in [0.15, 0.2) is 6.10 Å². The van der Waals surface area contributed by atoms with Gasteiger partial charge in [-0.3, -0.25) is 4.79 Å². The number of rotatable bonds is 5. The van der Waals surface area contributed by atoms with Gasteiger partial charge in [-0.25, -0.2) is 0 Å². The molecule has 2 aromatic carbocycles. The third-order valence-electron chi connectivity index (χ3n) is 3.37. The second-order valence-corrected chi connectivity index (χ2v) is 5.83. The van der Waals surface area contributed by atoms with E-state index in [9.17, 15) is 4.79 Å². The molecule has 0 aliphatic heterocycles. The lowest BCUT2D eigenvalue weighted by Gasteiger charge is -2.22. The van der Waals surface area contributed by atoms with Gasteiger partial charge in [-0.2, -0.15) is 0 Å². The number of hydrogen-bond donors (Lipinski definition) is 0. The minimum Gasteiger partial charge on any atom is -0.481 e. The largest absolute Gasteiger partial charge is 0.481 e. The SMILES string of the molecule is Cc1ccc(CN(C)C(=O)[C@@H](C)Oc2cccc(Cl)c2)cc1. The first-order chi connectivity index (χ1) is 10.5. The number of amides is 1. The Morgan fingerprint density at radius 2 is 1.91 bits per heavy atom. The smallest absolute Gasteiger partial charge is 0.263 e. The molecule has 0 saturated carbocycles. The van der Waals surface area contributed by atoms with Crippen LogP contribution in [0.3, 0.4) is 0 Å². The normalized spacial score (nSPS) is 11.8. The molecule has 0 aliphatic rings. The van der Waals surface area contributed by atoms with E-state index in [0.29, 0.717) is 17.3 Å². The first-order valence-electron chi connectivity index (χ1n) is 7.18. The number of halogens is 1. The molecule has 0 spiro atoms. The zero-order chi connectivity index (χ0) is 16.1. The number of nitrogens with zero attached hydrogens (tertiary/aromatic N) is 1. The summed E-state index contributed by atoms with van der Waals surface area (Å²) in [6.45, 7) is 4.34. The van der Waals surface area contributed by atoms with E-state index in [1.165, 1.54) is 5.56 Å². The molecule has 0 aromatic heterocycles. The van der Waals surface area contributed by atoms with Crippen molar-refractivity contribution in [2.75, 3.05) is 7.05 Å². The van der Waals surface area contributed by atoms with Crippen LogP contribution in [0.2, 0.25) is 5.02 Å². The average molecular weight is 318 g/mol. The molecule has 0 radical (unpaired) electrons. The van der Waals surface area contributed by atoms with Crippen LogP contribution >= 0.6 is 11.6 Å². The van der Waals surface area contributed by atoms with Gasteiger partial charge in [0.2, 0.25) is 0 Å². The van der Waals surface area contributed by atoms with Crippen molar-refractivity contribution in [3.8, 4) is 5.75 Å². The van der Waals surface area contributed by atoms with E-state index in [-0.39, 0.29) is 5.91 Å². The molecule has 0 heterocycles. The van der Waals surface area contributed by atoms with Crippen molar-refractivity contribution in [1.82, 2.24) is 4.90 Å². The Labute approximate surface area is 136 Å². The molecule has 0 unspecified atom stereocenters. The lowest BCUT2D eigenvalue weighted by Crippen LogP contribution is -2.37. The van der Waals surface area contributed by atoms with Crippen molar-refractivity contribution in [2.45, 2.75) is 26.5 Å². The Morgan fingerprint density at radius 3 is 2.55 bits per heavy atom. The van der Waals surface area contributed by atoms with Gasteiger partial charge in [0.05, 0.1) is 0 Å². The topological polar surface area (TPSA) is 29.5 Å². The fraction of sp³-hybridized carbons (Fsp3) is 0.278. The van der Waals surface area contributed by atoms with E-state index in [2.05, 4.69) is 0 Å². The molecule has 0 bridgehead atoms. The second-order valence-electron chi connectivity index (χ2n) is 5.40. The predicted molar refractivity (Wildman–Crippen MR) is 89.2 cm³/mol. The van der Waals surface area contributed by atoms with Crippen molar-refractivity contribution < 1.29 is 9.53 Å². The van der Waals surface area contributed by atoms with Crippen LogP contribution in [0.25, 0.3) is 0 Å². The summed E-state index contributed by atoms with van der Waals surface area (Å²) in [4.78, 5) is 14.0. The Bertz CT molecular complexity index is 640. The summed E-state index contributed by atoms with van der Waals surface area (Å²) in [7, 11) is 1.78. The summed E-state index contributed by atoms with van der Waals surface area (Å²) in [6, 6.07) is 15.2. The molecule has 0 N–H and O–H groups in total. The van der Waals surface area contributed by atoms with Crippen molar-refractivity contribution in [3.63, 3.8) is 0 Å². The molecule has 0 aliphatic carbocycles. The zero-order valence-electron chi connectivity index (χ0n) is 13.0. The molecule has 22 heavy (non-hydrogen) atoms. The van der Waals surface area contributed by atoms with E-state index in [1.54, 1.807) is 43.1 Å². The van der Waals surface area contributed by atoms with Crippen LogP contribution in [0.15, 0.2) is 48.5 Å². The van der Waals surface area contributed by atoms with Crippen LogP contribution in [0.1, 0.15) is 18.1 Å². The van der Waals surface area contributed by atoms with Gasteiger partial charge >= 0.3 is 0 Å². The van der Waals surface area contributed by atoms with Crippen molar-refractivity contribution in [3.05, 3.63) is 64.7 Å². The fourth-order valence-electron chi connectivity index (χ4n) is 2.15. The highest BCUT2D eigenvalue weighted by atomic mass is 35.5. The molecule has 116 valence electrons. The molecule has 1 amide bonds. The number of likely N-dealkylation sites (N-methyl/N-ethyl adjacent to an activating group) is 1. The second kappa shape index (κ2) is 7.32. The summed E-state index contributed by atoms with van der Waals surface area (Å²) in [5, 5.41) is 0.588. The molecular formula is C18H20ClNO2. The first-order valence-corrected chi connectivity index (χ1v) is 7.56. The van der Waals surface area contributed by atoms with Gasteiger partial charge in [0.1, 0.15) is 5.75 Å². The van der Waals surface area contributed by atoms with Gasteiger partial charge in [-0.15, -0.1) is 0 Å². The quantitative estimate of drug-likeness (QED) is 0.831. The number of ether oxygens (including phenoxy) is 1. The zero-order valence-corrected chi connectivity index (χ0v) is 13.8. The van der Waals surface area contributed by atoms with E-state index in [0.717, 1.165) is 5.56 Å². The Balaban J connectivity index is 1.96. The van der Waals surface area contributed by atoms with Gasteiger partial charge in [0.25, 0.3) is 5.91 Å². The van der Waals surface area contributed by atoms with Crippen molar-refractivity contribution in [1.29, 1.82) is 0 Å². The number of benzene rings is 2. The molecule has 3 nitrogen and oxygen atoms in total. The number of hydrogen-bond acceptors (Lipinski definition) is 2. The molecular weight excluding hydrogens is 298 g/mol. The van der Waals surface area contributed by atoms with Crippen LogP contribution in [0, 0.1) is 6.92 Å². The highest BCUT2D eigenvalue weighted by Gasteiger charge is 2.19. The highest BCUT2D eigenvalue weighted by Crippen LogP contribution is 2.19. The third-order valence-corrected chi connectivity index (χ3v) is 3.61. The number of aryl methyl sites for hydroxylation is 1. The Hall–Kier alpha value is -2.00. The lowest BCUT2D eigenvalue weighted by molar-refractivity contribution is -0.137. The average Bonchev–Trinajstić information content (AvgIpc) is 2.48. The molecule has 0 saturated heterocycles. The molecule has 4 heteroatoms. The van der Waals surface area contributed by atoms with Gasteiger partial charge in [0, 0.05) is 18.6 Å². The van der Waals surface area contributed by atoms with Crippen LogP contribution in [-0.2, 0) is 11.3 Å². The Kier molecular flexibility index (Phi) is 5.45. The van der Waals surface area contributed by atoms with Gasteiger partial charge in [-0.1, -0.05) is 47.5 Å². The van der Waals surface area contributed by atoms with Gasteiger partial charge < -0.3 is 9.64 Å².